The first-order valence-electron chi connectivity index (χ1n) is 10.1. The Bertz CT molecular complexity index is 1390. The minimum atomic E-state index is -0.717. The maximum absolute atomic E-state index is 14.6. The molecular formula is C23H18F2N6O2. The molecule has 1 atom stereocenters. The number of rotatable bonds is 4. The number of hydrogen-bond acceptors (Lipinski definition) is 6. The quantitative estimate of drug-likeness (QED) is 0.510. The topological polar surface area (TPSA) is 94.8 Å². The molecule has 166 valence electrons. The number of benzene rings is 2. The minimum Gasteiger partial charge on any atom is -0.497 e. The number of amides is 1. The van der Waals surface area contributed by atoms with Crippen LogP contribution in [0.15, 0.2) is 48.7 Å². The first-order chi connectivity index (χ1) is 15.9. The molecule has 2 aromatic heterocycles. The van der Waals surface area contributed by atoms with Crippen molar-refractivity contribution >= 4 is 11.7 Å². The second-order valence-electron chi connectivity index (χ2n) is 7.60. The molecule has 10 heteroatoms. The number of carbonyl (C=O) groups is 1. The zero-order valence-corrected chi connectivity index (χ0v) is 17.7. The maximum atomic E-state index is 14.6. The molecule has 1 aliphatic rings. The molecule has 4 aromatic rings. The van der Waals surface area contributed by atoms with Gasteiger partial charge in [-0.15, -0.1) is 5.10 Å². The summed E-state index contributed by atoms with van der Waals surface area (Å²) >= 11 is 0. The molecule has 0 bridgehead atoms. The fourth-order valence-electron chi connectivity index (χ4n) is 4.05. The number of hydrogen-bond donors (Lipinski definition) is 1. The predicted molar refractivity (Wildman–Crippen MR) is 115 cm³/mol. The molecule has 1 aliphatic heterocycles. The zero-order chi connectivity index (χ0) is 23.1. The van der Waals surface area contributed by atoms with Gasteiger partial charge in [0.25, 0.3) is 5.95 Å². The second kappa shape index (κ2) is 8.05. The van der Waals surface area contributed by atoms with Gasteiger partial charge in [-0.1, -0.05) is 18.2 Å². The summed E-state index contributed by atoms with van der Waals surface area (Å²) in [4.78, 5) is 17.1. The summed E-state index contributed by atoms with van der Waals surface area (Å²) in [7, 11) is 1.57. The van der Waals surface area contributed by atoms with E-state index in [4.69, 9.17) is 4.74 Å². The fraction of sp³-hybridized carbons (Fsp3) is 0.174. The number of nitrogens with one attached hydrogen (secondary N) is 1. The van der Waals surface area contributed by atoms with Crippen LogP contribution in [-0.2, 0) is 4.79 Å². The van der Waals surface area contributed by atoms with Gasteiger partial charge in [0.1, 0.15) is 23.2 Å². The number of anilines is 1. The standard InChI is InChI=1S/C23H18F2N6O2/c1-12-21-17(16-7-6-14(24)9-18(16)25)10-20(32)28-22(21)31(30-12)23-27-19(11-26-29-23)13-4-3-5-15(8-13)33-2/h3-9,11,17H,10H2,1-2H3,(H,28,32). The van der Waals surface area contributed by atoms with E-state index in [1.54, 1.807) is 14.0 Å². The first kappa shape index (κ1) is 20.7. The second-order valence-corrected chi connectivity index (χ2v) is 7.60. The third-order valence-electron chi connectivity index (χ3n) is 5.54. The smallest absolute Gasteiger partial charge is 0.272 e. The number of halogens is 2. The number of fused-ring (bicyclic) bond motifs is 1. The van der Waals surface area contributed by atoms with Crippen molar-refractivity contribution in [1.29, 1.82) is 0 Å². The van der Waals surface area contributed by atoms with Crippen molar-refractivity contribution in [1.82, 2.24) is 25.0 Å². The highest BCUT2D eigenvalue weighted by Gasteiger charge is 2.34. The van der Waals surface area contributed by atoms with E-state index in [1.807, 2.05) is 24.3 Å². The lowest BCUT2D eigenvalue weighted by molar-refractivity contribution is -0.116. The molecule has 0 radical (unpaired) electrons. The highest BCUT2D eigenvalue weighted by Crippen LogP contribution is 2.40. The summed E-state index contributed by atoms with van der Waals surface area (Å²) in [6.45, 7) is 1.75. The maximum Gasteiger partial charge on any atom is 0.272 e. The molecule has 33 heavy (non-hydrogen) atoms. The van der Waals surface area contributed by atoms with Crippen LogP contribution in [0.5, 0.6) is 5.75 Å². The first-order valence-corrected chi connectivity index (χ1v) is 10.1. The van der Waals surface area contributed by atoms with Gasteiger partial charge in [-0.05, 0) is 30.7 Å². The Morgan fingerprint density at radius 2 is 2.03 bits per heavy atom. The van der Waals surface area contributed by atoms with Crippen LogP contribution in [-0.4, -0.2) is 38.0 Å². The van der Waals surface area contributed by atoms with Crippen molar-refractivity contribution in [3.8, 4) is 23.0 Å². The van der Waals surface area contributed by atoms with Gasteiger partial charge >= 0.3 is 0 Å². The number of carbonyl (C=O) groups excluding carboxylic acids is 1. The van der Waals surface area contributed by atoms with Gasteiger partial charge in [-0.3, -0.25) is 4.79 Å². The predicted octanol–water partition coefficient (Wildman–Crippen LogP) is 3.79. The van der Waals surface area contributed by atoms with Gasteiger partial charge in [0.15, 0.2) is 0 Å². The minimum absolute atomic E-state index is 0.00500. The number of nitrogens with zero attached hydrogens (tertiary/aromatic N) is 5. The van der Waals surface area contributed by atoms with Crippen molar-refractivity contribution < 1.29 is 18.3 Å². The molecule has 8 nitrogen and oxygen atoms in total. The summed E-state index contributed by atoms with van der Waals surface area (Å²) in [6.07, 6.45) is 1.52. The summed E-state index contributed by atoms with van der Waals surface area (Å²) in [6, 6.07) is 10.7. The fourth-order valence-corrected chi connectivity index (χ4v) is 4.05. The van der Waals surface area contributed by atoms with E-state index in [0.29, 0.717) is 28.5 Å². The molecule has 0 spiro atoms. The van der Waals surface area contributed by atoms with Crippen molar-refractivity contribution in [2.24, 2.45) is 0 Å². The summed E-state index contributed by atoms with van der Waals surface area (Å²) in [5, 5.41) is 15.4. The third kappa shape index (κ3) is 3.69. The van der Waals surface area contributed by atoms with E-state index in [-0.39, 0.29) is 23.8 Å². The molecule has 0 fully saturated rings. The van der Waals surface area contributed by atoms with Gasteiger partial charge in [0.05, 0.1) is 24.7 Å². The molecule has 1 unspecified atom stereocenters. The average molecular weight is 448 g/mol. The molecule has 5 rings (SSSR count). The largest absolute Gasteiger partial charge is 0.497 e. The van der Waals surface area contributed by atoms with Crippen LogP contribution in [0.4, 0.5) is 14.6 Å². The van der Waals surface area contributed by atoms with Crippen molar-refractivity contribution in [3.05, 3.63) is 77.1 Å². The molecule has 1 amide bonds. The van der Waals surface area contributed by atoms with E-state index < -0.39 is 17.6 Å². The normalized spacial score (nSPS) is 15.2. The van der Waals surface area contributed by atoms with Gasteiger partial charge in [-0.25, -0.2) is 13.8 Å². The summed E-state index contributed by atoms with van der Waals surface area (Å²) in [5.74, 6) is -1.21. The lowest BCUT2D eigenvalue weighted by Gasteiger charge is -2.24. The zero-order valence-electron chi connectivity index (χ0n) is 17.7. The van der Waals surface area contributed by atoms with Crippen LogP contribution in [0.2, 0.25) is 0 Å². The molecule has 0 aliphatic carbocycles. The monoisotopic (exact) mass is 448 g/mol. The Balaban J connectivity index is 1.61. The van der Waals surface area contributed by atoms with Crippen LogP contribution in [0.1, 0.15) is 29.2 Å². The van der Waals surface area contributed by atoms with Gasteiger partial charge in [0, 0.05) is 29.5 Å². The molecule has 2 aromatic carbocycles. The van der Waals surface area contributed by atoms with Gasteiger partial charge in [0.2, 0.25) is 5.91 Å². The highest BCUT2D eigenvalue weighted by atomic mass is 19.1. The Morgan fingerprint density at radius 3 is 2.82 bits per heavy atom. The Labute approximate surface area is 187 Å². The lowest BCUT2D eigenvalue weighted by Crippen LogP contribution is -2.25. The van der Waals surface area contributed by atoms with E-state index in [1.165, 1.54) is 23.0 Å². The Morgan fingerprint density at radius 1 is 1.18 bits per heavy atom. The molecular weight excluding hydrogens is 430 g/mol. The number of aromatic nitrogens is 5. The van der Waals surface area contributed by atoms with Crippen LogP contribution < -0.4 is 10.1 Å². The number of ether oxygens (including phenoxy) is 1. The number of methoxy groups -OCH3 is 1. The van der Waals surface area contributed by atoms with Crippen molar-refractivity contribution in [2.45, 2.75) is 19.3 Å². The van der Waals surface area contributed by atoms with Crippen LogP contribution in [0.3, 0.4) is 0 Å². The van der Waals surface area contributed by atoms with Gasteiger partial charge in [-0.2, -0.15) is 14.9 Å². The van der Waals surface area contributed by atoms with E-state index >= 15 is 0 Å². The summed E-state index contributed by atoms with van der Waals surface area (Å²) < 4.78 is 34.7. The molecule has 0 saturated heterocycles. The van der Waals surface area contributed by atoms with Crippen LogP contribution >= 0.6 is 0 Å². The van der Waals surface area contributed by atoms with E-state index in [0.717, 1.165) is 11.6 Å². The molecule has 3 heterocycles. The third-order valence-corrected chi connectivity index (χ3v) is 5.54. The molecule has 0 saturated carbocycles. The molecule has 1 N–H and O–H groups in total. The van der Waals surface area contributed by atoms with E-state index in [2.05, 4.69) is 25.6 Å². The lowest BCUT2D eigenvalue weighted by atomic mass is 9.85. The SMILES string of the molecule is COc1cccc(-c2cnnc(-n3nc(C)c4c3NC(=O)CC4c3ccc(F)cc3F)n2)c1. The van der Waals surface area contributed by atoms with Crippen molar-refractivity contribution in [3.63, 3.8) is 0 Å². The van der Waals surface area contributed by atoms with Crippen LogP contribution in [0.25, 0.3) is 17.2 Å². The summed E-state index contributed by atoms with van der Waals surface area (Å²) in [5.41, 5.74) is 2.70. The van der Waals surface area contributed by atoms with E-state index in [9.17, 15) is 13.6 Å². The van der Waals surface area contributed by atoms with Crippen LogP contribution in [0, 0.1) is 18.6 Å². The van der Waals surface area contributed by atoms with Gasteiger partial charge < -0.3 is 10.1 Å². The van der Waals surface area contributed by atoms with Crippen molar-refractivity contribution in [2.75, 3.05) is 12.4 Å². The average Bonchev–Trinajstić information content (AvgIpc) is 3.15. The Hall–Kier alpha value is -4.21. The highest BCUT2D eigenvalue weighted by molar-refractivity contribution is 5.95. The Kier molecular flexibility index (Phi) is 5.04. The number of aryl methyl sites for hydroxylation is 1.